The Morgan fingerprint density at radius 2 is 1.93 bits per heavy atom. The lowest BCUT2D eigenvalue weighted by Gasteiger charge is -2.20. The number of ether oxygens (including phenoxy) is 1. The number of halogens is 1. The normalized spacial score (nSPS) is 13.2. The molecule has 1 atom stereocenters. The first kappa shape index (κ1) is 19.4. The quantitative estimate of drug-likeness (QED) is 0.641. The first-order valence-corrected chi connectivity index (χ1v) is 9.69. The van der Waals surface area contributed by atoms with Crippen molar-refractivity contribution in [2.75, 3.05) is 0 Å². The van der Waals surface area contributed by atoms with Crippen LogP contribution in [-0.4, -0.2) is 14.3 Å². The first-order chi connectivity index (χ1) is 12.8. The van der Waals surface area contributed by atoms with E-state index in [9.17, 15) is 8.94 Å². The number of rotatable bonds is 6. The molecule has 0 bridgehead atoms. The molecule has 3 rings (SSSR count). The van der Waals surface area contributed by atoms with Crippen LogP contribution < -0.4 is 9.88 Å². The summed E-state index contributed by atoms with van der Waals surface area (Å²) < 4.78 is 30.5. The van der Waals surface area contributed by atoms with Crippen molar-refractivity contribution in [3.63, 3.8) is 0 Å². The maximum absolute atomic E-state index is 13.6. The van der Waals surface area contributed by atoms with Crippen LogP contribution in [0.4, 0.5) is 4.39 Å². The van der Waals surface area contributed by atoms with E-state index in [-0.39, 0.29) is 5.82 Å². The van der Waals surface area contributed by atoms with Gasteiger partial charge in [0.2, 0.25) is 0 Å². The SMILES string of the molecule is CC(C)(/C=C/c1nc2ccc(F)cc2cc1OCc1ccccc1)[S@@+](N)[O-]. The molecular formula is C21H21FN2O2S. The Labute approximate surface area is 161 Å². The van der Waals surface area contributed by atoms with Gasteiger partial charge in [-0.25, -0.2) is 9.37 Å². The number of hydrogen-bond acceptors (Lipinski definition) is 4. The highest BCUT2D eigenvalue weighted by molar-refractivity contribution is 7.90. The minimum Gasteiger partial charge on any atom is -0.598 e. The van der Waals surface area contributed by atoms with Gasteiger partial charge in [0.05, 0.1) is 5.52 Å². The van der Waals surface area contributed by atoms with Gasteiger partial charge >= 0.3 is 0 Å². The average molecular weight is 384 g/mol. The van der Waals surface area contributed by atoms with Crippen LogP contribution in [0.2, 0.25) is 0 Å². The lowest BCUT2D eigenvalue weighted by atomic mass is 10.1. The van der Waals surface area contributed by atoms with Gasteiger partial charge in [0.15, 0.2) is 4.75 Å². The fraction of sp³-hybridized carbons (Fsp3) is 0.190. The van der Waals surface area contributed by atoms with Crippen LogP contribution in [0.25, 0.3) is 17.0 Å². The maximum atomic E-state index is 13.6. The van der Waals surface area contributed by atoms with Crippen molar-refractivity contribution in [1.29, 1.82) is 0 Å². The van der Waals surface area contributed by atoms with Crippen LogP contribution in [0.5, 0.6) is 5.75 Å². The minimum absolute atomic E-state index is 0.332. The average Bonchev–Trinajstić information content (AvgIpc) is 2.65. The minimum atomic E-state index is -1.52. The van der Waals surface area contributed by atoms with E-state index in [1.54, 1.807) is 38.1 Å². The summed E-state index contributed by atoms with van der Waals surface area (Å²) in [6.07, 6.45) is 3.49. The van der Waals surface area contributed by atoms with Crippen LogP contribution in [0, 0.1) is 5.82 Å². The molecule has 27 heavy (non-hydrogen) atoms. The summed E-state index contributed by atoms with van der Waals surface area (Å²) in [4.78, 5) is 4.57. The molecule has 0 aliphatic rings. The van der Waals surface area contributed by atoms with E-state index in [4.69, 9.17) is 9.88 Å². The van der Waals surface area contributed by atoms with Crippen molar-refractivity contribution >= 4 is 28.3 Å². The zero-order chi connectivity index (χ0) is 19.4. The summed E-state index contributed by atoms with van der Waals surface area (Å²) in [5, 5.41) is 6.19. The molecule has 0 spiro atoms. The van der Waals surface area contributed by atoms with Gasteiger partial charge in [0.25, 0.3) is 0 Å². The standard InChI is InChI=1S/C21H21FN2O2S/c1-21(2,27(23)25)11-10-19-20(26-14-15-6-4-3-5-7-15)13-16-12-17(22)8-9-18(16)24-19/h3-13H,14,23H2,1-2H3/b11-10+/t27-/m0/s1. The van der Waals surface area contributed by atoms with Crippen molar-refractivity contribution in [2.45, 2.75) is 25.2 Å². The summed E-state index contributed by atoms with van der Waals surface area (Å²) in [7, 11) is 0. The Morgan fingerprint density at radius 3 is 2.63 bits per heavy atom. The van der Waals surface area contributed by atoms with E-state index in [1.165, 1.54) is 12.1 Å². The number of pyridine rings is 1. The van der Waals surface area contributed by atoms with Crippen LogP contribution in [-0.2, 0) is 18.0 Å². The van der Waals surface area contributed by atoms with Crippen molar-refractivity contribution in [1.82, 2.24) is 4.98 Å². The van der Waals surface area contributed by atoms with Gasteiger partial charge in [-0.3, -0.25) is 0 Å². The van der Waals surface area contributed by atoms with Gasteiger partial charge in [0.1, 0.15) is 23.9 Å². The molecule has 6 heteroatoms. The number of nitrogens with two attached hydrogens (primary N) is 1. The third-order valence-corrected chi connectivity index (χ3v) is 5.34. The zero-order valence-electron chi connectivity index (χ0n) is 15.2. The number of nitrogens with zero attached hydrogens (tertiary/aromatic N) is 1. The predicted molar refractivity (Wildman–Crippen MR) is 108 cm³/mol. The lowest BCUT2D eigenvalue weighted by molar-refractivity contribution is 0.305. The number of fused-ring (bicyclic) bond motifs is 1. The molecule has 3 aromatic rings. The van der Waals surface area contributed by atoms with Gasteiger partial charge < -0.3 is 9.29 Å². The topological polar surface area (TPSA) is 71.2 Å². The highest BCUT2D eigenvalue weighted by atomic mass is 32.2. The van der Waals surface area contributed by atoms with Gasteiger partial charge in [-0.2, -0.15) is 5.14 Å². The molecule has 2 aromatic carbocycles. The zero-order valence-corrected chi connectivity index (χ0v) is 16.0. The second kappa shape index (κ2) is 8.08. The van der Waals surface area contributed by atoms with Crippen molar-refractivity contribution < 1.29 is 13.7 Å². The maximum Gasteiger partial charge on any atom is 0.157 e. The molecule has 2 N–H and O–H groups in total. The molecule has 0 aliphatic carbocycles. The highest BCUT2D eigenvalue weighted by Gasteiger charge is 2.26. The molecule has 140 valence electrons. The third-order valence-electron chi connectivity index (χ3n) is 4.17. The second-order valence-corrected chi connectivity index (χ2v) is 8.36. The summed E-state index contributed by atoms with van der Waals surface area (Å²) in [6, 6.07) is 15.9. The molecule has 0 amide bonds. The van der Waals surface area contributed by atoms with Gasteiger partial charge in [-0.15, -0.1) is 0 Å². The van der Waals surface area contributed by atoms with Crippen LogP contribution in [0.15, 0.2) is 60.7 Å². The van der Waals surface area contributed by atoms with E-state index < -0.39 is 16.1 Å². The molecule has 0 unspecified atom stereocenters. The molecular weight excluding hydrogens is 363 g/mol. The van der Waals surface area contributed by atoms with Gasteiger partial charge in [-0.1, -0.05) is 30.3 Å². The van der Waals surface area contributed by atoms with E-state index >= 15 is 0 Å². The third kappa shape index (κ3) is 4.86. The van der Waals surface area contributed by atoms with Crippen molar-refractivity contribution in [3.05, 3.63) is 77.7 Å². The van der Waals surface area contributed by atoms with Crippen molar-refractivity contribution in [3.8, 4) is 5.75 Å². The molecule has 0 aliphatic heterocycles. The Kier molecular flexibility index (Phi) is 5.79. The van der Waals surface area contributed by atoms with Crippen LogP contribution in [0.1, 0.15) is 25.1 Å². The van der Waals surface area contributed by atoms with Gasteiger partial charge in [-0.05, 0) is 55.8 Å². The molecule has 1 aromatic heterocycles. The molecule has 0 radical (unpaired) electrons. The monoisotopic (exact) mass is 384 g/mol. The summed E-state index contributed by atoms with van der Waals surface area (Å²) in [5.41, 5.74) is 2.23. The Balaban J connectivity index is 1.98. The van der Waals surface area contributed by atoms with E-state index in [0.717, 1.165) is 5.56 Å². The molecule has 0 fully saturated rings. The molecule has 0 saturated heterocycles. The Morgan fingerprint density at radius 1 is 1.19 bits per heavy atom. The largest absolute Gasteiger partial charge is 0.598 e. The van der Waals surface area contributed by atoms with Crippen LogP contribution in [0.3, 0.4) is 0 Å². The predicted octanol–water partition coefficient (Wildman–Crippen LogP) is 4.37. The lowest BCUT2D eigenvalue weighted by Crippen LogP contribution is -2.35. The van der Waals surface area contributed by atoms with E-state index in [1.807, 2.05) is 30.3 Å². The number of benzene rings is 2. The Hall–Kier alpha value is -2.41. The summed E-state index contributed by atoms with van der Waals surface area (Å²) in [6.45, 7) is 3.91. The van der Waals surface area contributed by atoms with Gasteiger partial charge in [0, 0.05) is 16.7 Å². The fourth-order valence-electron chi connectivity index (χ4n) is 2.46. The van der Waals surface area contributed by atoms with E-state index in [0.29, 0.717) is 29.0 Å². The summed E-state index contributed by atoms with van der Waals surface area (Å²) >= 11 is -1.52. The first-order valence-electron chi connectivity index (χ1n) is 8.48. The molecule has 4 nitrogen and oxygen atoms in total. The fourth-order valence-corrected chi connectivity index (χ4v) is 2.66. The molecule has 1 heterocycles. The Bertz CT molecular complexity index is 959. The number of aromatic nitrogens is 1. The summed E-state index contributed by atoms with van der Waals surface area (Å²) in [5.74, 6) is 0.188. The second-order valence-electron chi connectivity index (χ2n) is 6.72. The number of hydrogen-bond donors (Lipinski definition) is 1. The van der Waals surface area contributed by atoms with E-state index in [2.05, 4.69) is 4.98 Å². The molecule has 0 saturated carbocycles. The smallest absolute Gasteiger partial charge is 0.157 e. The van der Waals surface area contributed by atoms with Crippen molar-refractivity contribution in [2.24, 2.45) is 5.14 Å². The van der Waals surface area contributed by atoms with Crippen LogP contribution >= 0.6 is 0 Å². The highest BCUT2D eigenvalue weighted by Crippen LogP contribution is 2.27.